The van der Waals surface area contributed by atoms with Gasteiger partial charge in [0.2, 0.25) is 0 Å². The molecule has 4 nitrogen and oxygen atoms in total. The Morgan fingerprint density at radius 2 is 1.21 bits per heavy atom. The van der Waals surface area contributed by atoms with Gasteiger partial charge >= 0.3 is 0 Å². The molecule has 2 N–H and O–H groups in total. The van der Waals surface area contributed by atoms with Crippen LogP contribution in [0.1, 0.15) is 32.2 Å². The minimum atomic E-state index is -0.976. The molecule has 0 aliphatic heterocycles. The van der Waals surface area contributed by atoms with Crippen LogP contribution in [0.4, 0.5) is 0 Å². The predicted octanol–water partition coefficient (Wildman–Crippen LogP) is 2.26. The summed E-state index contributed by atoms with van der Waals surface area (Å²) >= 11 is 0. The molecule has 1 aliphatic rings. The van der Waals surface area contributed by atoms with Gasteiger partial charge in [0.25, 0.3) is 0 Å². The molecule has 1 aliphatic carbocycles. The molecule has 2 aromatic carbocycles. The average Bonchev–Trinajstić information content (AvgIpc) is 2.68. The molecule has 0 heterocycles. The van der Waals surface area contributed by atoms with Crippen molar-refractivity contribution in [1.82, 2.24) is 0 Å². The first kappa shape index (κ1) is 11.5. The Morgan fingerprint density at radius 1 is 0.737 bits per heavy atom. The molecule has 0 saturated heterocycles. The number of aromatic hydroxyl groups is 2. The molecule has 0 fully saturated rings. The number of benzene rings is 2. The zero-order valence-corrected chi connectivity index (χ0v) is 9.83. The van der Waals surface area contributed by atoms with E-state index in [9.17, 15) is 19.8 Å². The molecule has 0 spiro atoms. The maximum atomic E-state index is 12.3. The summed E-state index contributed by atoms with van der Waals surface area (Å²) in [6, 6.07) is 11.0. The molecule has 0 radical (unpaired) electrons. The SMILES string of the molecule is O=C1c2c(O)ccc(O)c2C(=O)C1c1ccccc1. The van der Waals surface area contributed by atoms with E-state index < -0.39 is 17.5 Å². The Balaban J connectivity index is 2.21. The van der Waals surface area contributed by atoms with E-state index in [0.29, 0.717) is 5.56 Å². The first-order valence-electron chi connectivity index (χ1n) is 5.79. The van der Waals surface area contributed by atoms with Gasteiger partial charge in [0.15, 0.2) is 11.6 Å². The lowest BCUT2D eigenvalue weighted by Crippen LogP contribution is -2.12. The Morgan fingerprint density at radius 3 is 1.68 bits per heavy atom. The monoisotopic (exact) mass is 254 g/mol. The fourth-order valence-corrected chi connectivity index (χ4v) is 2.44. The number of fused-ring (bicyclic) bond motifs is 1. The highest BCUT2D eigenvalue weighted by Crippen LogP contribution is 2.42. The summed E-state index contributed by atoms with van der Waals surface area (Å²) in [6.07, 6.45) is 0. The summed E-state index contributed by atoms with van der Waals surface area (Å²) in [5.41, 5.74) is 0.394. The number of phenolic OH excluding ortho intramolecular Hbond substituents is 2. The van der Waals surface area contributed by atoms with Crippen molar-refractivity contribution in [2.24, 2.45) is 0 Å². The molecule has 4 heteroatoms. The van der Waals surface area contributed by atoms with Crippen molar-refractivity contribution in [2.45, 2.75) is 5.92 Å². The molecular formula is C15H10O4. The fraction of sp³-hybridized carbons (Fsp3) is 0.0667. The van der Waals surface area contributed by atoms with Gasteiger partial charge in [-0.05, 0) is 17.7 Å². The van der Waals surface area contributed by atoms with Gasteiger partial charge in [-0.15, -0.1) is 0 Å². The minimum absolute atomic E-state index is 0.0844. The number of rotatable bonds is 1. The van der Waals surface area contributed by atoms with Crippen molar-refractivity contribution in [2.75, 3.05) is 0 Å². The molecule has 2 aromatic rings. The summed E-state index contributed by atoms with van der Waals surface area (Å²) in [5.74, 6) is -2.47. The van der Waals surface area contributed by atoms with Gasteiger partial charge in [0.1, 0.15) is 17.4 Å². The standard InChI is InChI=1S/C15H10O4/c16-9-6-7-10(17)13-12(9)14(18)11(15(13)19)8-4-2-1-3-5-8/h1-7,11,16-17H. The van der Waals surface area contributed by atoms with Crippen molar-refractivity contribution in [3.05, 3.63) is 59.2 Å². The van der Waals surface area contributed by atoms with E-state index in [-0.39, 0.29) is 22.6 Å². The van der Waals surface area contributed by atoms with Gasteiger partial charge in [-0.1, -0.05) is 30.3 Å². The van der Waals surface area contributed by atoms with Crippen LogP contribution in [-0.4, -0.2) is 21.8 Å². The molecule has 0 amide bonds. The van der Waals surface area contributed by atoms with Crippen LogP contribution in [-0.2, 0) is 0 Å². The number of hydrogen-bond donors (Lipinski definition) is 2. The number of Topliss-reactive ketones (excluding diaryl/α,β-unsaturated/α-hetero) is 2. The van der Waals surface area contributed by atoms with Crippen molar-refractivity contribution in [3.8, 4) is 11.5 Å². The summed E-state index contributed by atoms with van der Waals surface area (Å²) in [7, 11) is 0. The van der Waals surface area contributed by atoms with Gasteiger partial charge in [-0.25, -0.2) is 0 Å². The zero-order chi connectivity index (χ0) is 13.6. The highest BCUT2D eigenvalue weighted by Gasteiger charge is 2.43. The van der Waals surface area contributed by atoms with Gasteiger partial charge in [-0.2, -0.15) is 0 Å². The Bertz CT molecular complexity index is 648. The van der Waals surface area contributed by atoms with Gasteiger partial charge < -0.3 is 10.2 Å². The van der Waals surface area contributed by atoms with E-state index >= 15 is 0 Å². The van der Waals surface area contributed by atoms with Crippen molar-refractivity contribution < 1.29 is 19.8 Å². The second kappa shape index (κ2) is 3.95. The summed E-state index contributed by atoms with van der Waals surface area (Å²) in [6.45, 7) is 0. The third-order valence-electron chi connectivity index (χ3n) is 3.31. The summed E-state index contributed by atoms with van der Waals surface area (Å²) in [4.78, 5) is 24.6. The van der Waals surface area contributed by atoms with Crippen molar-refractivity contribution in [3.63, 3.8) is 0 Å². The lowest BCUT2D eigenvalue weighted by atomic mass is 9.94. The molecule has 3 rings (SSSR count). The summed E-state index contributed by atoms with van der Waals surface area (Å²) < 4.78 is 0. The smallest absolute Gasteiger partial charge is 0.182 e. The Kier molecular flexibility index (Phi) is 2.38. The van der Waals surface area contributed by atoms with Gasteiger partial charge in [-0.3, -0.25) is 9.59 Å². The first-order chi connectivity index (χ1) is 9.11. The second-order valence-corrected chi connectivity index (χ2v) is 4.43. The lowest BCUT2D eigenvalue weighted by molar-refractivity contribution is 0.0889. The van der Waals surface area contributed by atoms with Crippen LogP contribution in [0.5, 0.6) is 11.5 Å². The molecular weight excluding hydrogens is 244 g/mol. The van der Waals surface area contributed by atoms with Crippen LogP contribution < -0.4 is 0 Å². The average molecular weight is 254 g/mol. The largest absolute Gasteiger partial charge is 0.507 e. The third kappa shape index (κ3) is 1.53. The molecule has 0 atom stereocenters. The molecule has 0 saturated carbocycles. The van der Waals surface area contributed by atoms with Crippen LogP contribution in [0.15, 0.2) is 42.5 Å². The topological polar surface area (TPSA) is 74.6 Å². The van der Waals surface area contributed by atoms with E-state index in [2.05, 4.69) is 0 Å². The molecule has 94 valence electrons. The van der Waals surface area contributed by atoms with E-state index in [1.807, 2.05) is 0 Å². The van der Waals surface area contributed by atoms with Crippen LogP contribution in [0, 0.1) is 0 Å². The van der Waals surface area contributed by atoms with E-state index in [1.54, 1.807) is 30.3 Å². The number of carbonyl (C=O) groups is 2. The van der Waals surface area contributed by atoms with Crippen molar-refractivity contribution >= 4 is 11.6 Å². The Labute approximate surface area is 108 Å². The van der Waals surface area contributed by atoms with E-state index in [4.69, 9.17) is 0 Å². The van der Waals surface area contributed by atoms with Crippen LogP contribution in [0.2, 0.25) is 0 Å². The first-order valence-corrected chi connectivity index (χ1v) is 5.79. The third-order valence-corrected chi connectivity index (χ3v) is 3.31. The predicted molar refractivity (Wildman–Crippen MR) is 67.6 cm³/mol. The zero-order valence-electron chi connectivity index (χ0n) is 9.83. The van der Waals surface area contributed by atoms with Crippen LogP contribution in [0.25, 0.3) is 0 Å². The Hall–Kier alpha value is -2.62. The molecule has 0 aromatic heterocycles. The summed E-state index contributed by atoms with van der Waals surface area (Å²) in [5, 5.41) is 19.4. The fourth-order valence-electron chi connectivity index (χ4n) is 2.44. The van der Waals surface area contributed by atoms with Gasteiger partial charge in [0.05, 0.1) is 11.1 Å². The highest BCUT2D eigenvalue weighted by molar-refractivity contribution is 6.31. The number of hydrogen-bond acceptors (Lipinski definition) is 4. The quantitative estimate of drug-likeness (QED) is 0.604. The lowest BCUT2D eigenvalue weighted by Gasteiger charge is -2.06. The maximum absolute atomic E-state index is 12.3. The second-order valence-electron chi connectivity index (χ2n) is 4.43. The van der Waals surface area contributed by atoms with Gasteiger partial charge in [0, 0.05) is 0 Å². The minimum Gasteiger partial charge on any atom is -0.507 e. The molecule has 0 unspecified atom stereocenters. The number of phenols is 2. The molecule has 19 heavy (non-hydrogen) atoms. The van der Waals surface area contributed by atoms with E-state index in [1.165, 1.54) is 12.1 Å². The van der Waals surface area contributed by atoms with Crippen LogP contribution >= 0.6 is 0 Å². The molecule has 0 bridgehead atoms. The normalized spacial score (nSPS) is 14.7. The van der Waals surface area contributed by atoms with Crippen molar-refractivity contribution in [1.29, 1.82) is 0 Å². The highest BCUT2D eigenvalue weighted by atomic mass is 16.3. The maximum Gasteiger partial charge on any atom is 0.182 e. The van der Waals surface area contributed by atoms with E-state index in [0.717, 1.165) is 0 Å². The number of carbonyl (C=O) groups excluding carboxylic acids is 2. The van der Waals surface area contributed by atoms with Crippen LogP contribution in [0.3, 0.4) is 0 Å². The number of ketones is 2.